The lowest BCUT2D eigenvalue weighted by molar-refractivity contribution is 0.0800. The highest BCUT2D eigenvalue weighted by atomic mass is 28.4. The van der Waals surface area contributed by atoms with Gasteiger partial charge in [0.05, 0.1) is 12.2 Å². The third-order valence-corrected chi connectivity index (χ3v) is 16.9. The Hall–Kier alpha value is -0.643. The van der Waals surface area contributed by atoms with Gasteiger partial charge in [-0.15, -0.1) is 0 Å². The standard InChI is InChI=1S/C35H60O2Si/c1-23(2)24(3)15-16-25(4)29-17-18-30-27(14-13-19-34(29,30)9)20-32(36-10)35-22-28(35)21-31(26(35)5)37-38(11,12)33(6,7)8/h15-16,20,23-25,28-32H,5,13-14,17-19,21-22H2,1-4,6-12H3/b16-15+,27-20+/t24-,25+,28+,29+,30-,31-,32+,34?,35-/m0/s1. The van der Waals surface area contributed by atoms with Crippen LogP contribution in [0.3, 0.4) is 0 Å². The molecule has 216 valence electrons. The summed E-state index contributed by atoms with van der Waals surface area (Å²) in [6, 6.07) is 0. The van der Waals surface area contributed by atoms with E-state index in [2.05, 4.69) is 86.7 Å². The Morgan fingerprint density at radius 1 is 1.08 bits per heavy atom. The van der Waals surface area contributed by atoms with E-state index in [0.29, 0.717) is 35.0 Å². The number of hydrogen-bond acceptors (Lipinski definition) is 2. The monoisotopic (exact) mass is 540 g/mol. The van der Waals surface area contributed by atoms with Crippen molar-refractivity contribution in [1.29, 1.82) is 0 Å². The summed E-state index contributed by atoms with van der Waals surface area (Å²) in [5, 5.41) is 0.223. The van der Waals surface area contributed by atoms with Gasteiger partial charge in [-0.1, -0.05) is 85.8 Å². The summed E-state index contributed by atoms with van der Waals surface area (Å²) < 4.78 is 13.3. The number of ether oxygens (including phenoxy) is 1. The minimum Gasteiger partial charge on any atom is -0.410 e. The third kappa shape index (κ3) is 5.23. The van der Waals surface area contributed by atoms with Gasteiger partial charge in [-0.2, -0.15) is 0 Å². The van der Waals surface area contributed by atoms with Gasteiger partial charge in [-0.3, -0.25) is 0 Å². The molecule has 3 heteroatoms. The fraction of sp³-hybridized carbons (Fsp3) is 0.829. The lowest BCUT2D eigenvalue weighted by Gasteiger charge is -2.44. The molecule has 0 spiro atoms. The van der Waals surface area contributed by atoms with E-state index >= 15 is 0 Å². The number of fused-ring (bicyclic) bond motifs is 2. The molecule has 0 aromatic heterocycles. The van der Waals surface area contributed by atoms with Gasteiger partial charge in [0.25, 0.3) is 0 Å². The zero-order valence-corrected chi connectivity index (χ0v) is 27.8. The Morgan fingerprint density at radius 2 is 1.76 bits per heavy atom. The summed E-state index contributed by atoms with van der Waals surface area (Å²) in [5.41, 5.74) is 3.54. The lowest BCUT2D eigenvalue weighted by atomic mass is 9.61. The highest BCUT2D eigenvalue weighted by Gasteiger charge is 2.67. The Bertz CT molecular complexity index is 938. The van der Waals surface area contributed by atoms with Gasteiger partial charge >= 0.3 is 0 Å². The molecule has 0 aliphatic heterocycles. The van der Waals surface area contributed by atoms with Crippen molar-refractivity contribution in [3.05, 3.63) is 36.0 Å². The van der Waals surface area contributed by atoms with E-state index in [-0.39, 0.29) is 22.7 Å². The van der Waals surface area contributed by atoms with Crippen LogP contribution in [0.5, 0.6) is 0 Å². The van der Waals surface area contributed by atoms with Crippen LogP contribution in [0.15, 0.2) is 36.0 Å². The fourth-order valence-electron chi connectivity index (χ4n) is 8.39. The van der Waals surface area contributed by atoms with Gasteiger partial charge in [-0.05, 0) is 110 Å². The second-order valence-electron chi connectivity index (χ2n) is 15.9. The third-order valence-electron chi connectivity index (χ3n) is 12.5. The van der Waals surface area contributed by atoms with Crippen molar-refractivity contribution in [3.8, 4) is 0 Å². The molecule has 4 aliphatic rings. The van der Waals surface area contributed by atoms with E-state index < -0.39 is 8.32 Å². The van der Waals surface area contributed by atoms with Gasteiger partial charge in [-0.25, -0.2) is 0 Å². The molecule has 0 radical (unpaired) electrons. The lowest BCUT2D eigenvalue weighted by Crippen LogP contribution is -2.44. The normalized spacial score (nSPS) is 39.1. The first-order valence-electron chi connectivity index (χ1n) is 15.9. The summed E-state index contributed by atoms with van der Waals surface area (Å²) in [6.07, 6.45) is 17.0. The highest BCUT2D eigenvalue weighted by Crippen LogP contribution is 2.70. The maximum Gasteiger partial charge on any atom is 0.192 e. The van der Waals surface area contributed by atoms with Crippen molar-refractivity contribution >= 4 is 8.32 Å². The molecule has 4 fully saturated rings. The molecular formula is C35H60O2Si. The largest absolute Gasteiger partial charge is 0.410 e. The first-order chi connectivity index (χ1) is 17.6. The van der Waals surface area contributed by atoms with Gasteiger partial charge in [0.1, 0.15) is 0 Å². The van der Waals surface area contributed by atoms with E-state index in [1.807, 2.05) is 7.11 Å². The van der Waals surface area contributed by atoms with Crippen molar-refractivity contribution in [3.63, 3.8) is 0 Å². The van der Waals surface area contributed by atoms with E-state index in [1.54, 1.807) is 5.57 Å². The van der Waals surface area contributed by atoms with Crippen molar-refractivity contribution in [2.75, 3.05) is 7.11 Å². The van der Waals surface area contributed by atoms with E-state index in [1.165, 1.54) is 44.1 Å². The van der Waals surface area contributed by atoms with Gasteiger partial charge in [0, 0.05) is 12.5 Å². The van der Waals surface area contributed by atoms with Crippen LogP contribution in [-0.4, -0.2) is 27.6 Å². The molecule has 0 heterocycles. The Morgan fingerprint density at radius 3 is 2.37 bits per heavy atom. The van der Waals surface area contributed by atoms with Crippen LogP contribution in [0, 0.1) is 46.3 Å². The van der Waals surface area contributed by atoms with Crippen LogP contribution in [0.4, 0.5) is 0 Å². The van der Waals surface area contributed by atoms with Crippen LogP contribution >= 0.6 is 0 Å². The maximum absolute atomic E-state index is 6.92. The van der Waals surface area contributed by atoms with Crippen molar-refractivity contribution in [1.82, 2.24) is 0 Å². The molecule has 0 N–H and O–H groups in total. The van der Waals surface area contributed by atoms with Crippen molar-refractivity contribution in [2.24, 2.45) is 46.3 Å². The molecule has 0 aromatic carbocycles. The minimum absolute atomic E-state index is 0.101. The smallest absolute Gasteiger partial charge is 0.192 e. The molecule has 1 unspecified atom stereocenters. The van der Waals surface area contributed by atoms with Gasteiger partial charge in [0.2, 0.25) is 0 Å². The van der Waals surface area contributed by atoms with Gasteiger partial charge in [0.15, 0.2) is 8.32 Å². The molecular weight excluding hydrogens is 480 g/mol. The Balaban J connectivity index is 1.51. The number of hydrogen-bond donors (Lipinski definition) is 0. The van der Waals surface area contributed by atoms with Crippen molar-refractivity contribution in [2.45, 2.75) is 131 Å². The predicted molar refractivity (Wildman–Crippen MR) is 166 cm³/mol. The van der Waals surface area contributed by atoms with E-state index in [4.69, 9.17) is 15.7 Å². The molecule has 0 saturated heterocycles. The second-order valence-corrected chi connectivity index (χ2v) is 20.7. The zero-order chi connectivity index (χ0) is 28.3. The number of rotatable bonds is 9. The van der Waals surface area contributed by atoms with Crippen LogP contribution in [-0.2, 0) is 9.16 Å². The number of allylic oxidation sites excluding steroid dienone is 3. The highest BCUT2D eigenvalue weighted by molar-refractivity contribution is 6.74. The summed E-state index contributed by atoms with van der Waals surface area (Å²) in [5.74, 6) is 4.18. The molecule has 4 rings (SSSR count). The molecule has 9 atom stereocenters. The maximum atomic E-state index is 6.92. The zero-order valence-electron chi connectivity index (χ0n) is 26.8. The molecule has 2 nitrogen and oxygen atoms in total. The molecule has 4 aliphatic carbocycles. The Labute approximate surface area is 237 Å². The molecule has 0 amide bonds. The SMILES string of the molecule is C=C1[C@@H](O[Si](C)(C)C(C)(C)C)C[C@@H]2C[C@]12[C@@H](/C=C1\CCCC2(C)[C@@H]([C@H](C)/C=C/[C@H](C)C(C)C)CC[C@@H]12)OC. The Kier molecular flexibility index (Phi) is 8.49. The molecule has 0 aromatic rings. The predicted octanol–water partition coefficient (Wildman–Crippen LogP) is 9.99. The van der Waals surface area contributed by atoms with Gasteiger partial charge < -0.3 is 9.16 Å². The van der Waals surface area contributed by atoms with Crippen LogP contribution < -0.4 is 0 Å². The molecule has 0 bridgehead atoms. The average Bonchev–Trinajstić information content (AvgIpc) is 3.33. The number of methoxy groups -OCH3 is 1. The summed E-state index contributed by atoms with van der Waals surface area (Å²) in [7, 11) is 0.104. The minimum atomic E-state index is -1.83. The molecule has 4 saturated carbocycles. The van der Waals surface area contributed by atoms with Crippen LogP contribution in [0.1, 0.15) is 100 Å². The average molecular weight is 541 g/mol. The second kappa shape index (κ2) is 10.6. The summed E-state index contributed by atoms with van der Waals surface area (Å²) in [6.45, 7) is 28.6. The first-order valence-corrected chi connectivity index (χ1v) is 18.8. The summed E-state index contributed by atoms with van der Waals surface area (Å²) >= 11 is 0. The molecule has 38 heavy (non-hydrogen) atoms. The quantitative estimate of drug-likeness (QED) is 0.214. The topological polar surface area (TPSA) is 18.5 Å². The summed E-state index contributed by atoms with van der Waals surface area (Å²) in [4.78, 5) is 0. The van der Waals surface area contributed by atoms with Crippen LogP contribution in [0.2, 0.25) is 18.1 Å². The fourth-order valence-corrected chi connectivity index (χ4v) is 9.69. The van der Waals surface area contributed by atoms with Crippen LogP contribution in [0.25, 0.3) is 0 Å². The van der Waals surface area contributed by atoms with E-state index in [0.717, 1.165) is 12.3 Å². The van der Waals surface area contributed by atoms with Crippen molar-refractivity contribution < 1.29 is 9.16 Å². The first kappa shape index (κ1) is 30.3. The van der Waals surface area contributed by atoms with E-state index in [9.17, 15) is 0 Å².